The molecule has 0 saturated heterocycles. The van der Waals surface area contributed by atoms with Crippen molar-refractivity contribution >= 4 is 44.0 Å². The van der Waals surface area contributed by atoms with Crippen molar-refractivity contribution in [2.75, 3.05) is 14.2 Å². The number of halogens is 2. The van der Waals surface area contributed by atoms with Crippen molar-refractivity contribution in [3.63, 3.8) is 0 Å². The van der Waals surface area contributed by atoms with E-state index in [0.29, 0.717) is 21.7 Å². The molecule has 1 heterocycles. The summed E-state index contributed by atoms with van der Waals surface area (Å²) in [5, 5.41) is 3.89. The van der Waals surface area contributed by atoms with Crippen molar-refractivity contribution in [1.82, 2.24) is 5.43 Å². The Balaban J connectivity index is 2.13. The van der Waals surface area contributed by atoms with Crippen molar-refractivity contribution in [3.8, 4) is 11.5 Å². The fraction of sp³-hybridized carbons (Fsp3) is 0.143. The van der Waals surface area contributed by atoms with Gasteiger partial charge in [-0.2, -0.15) is 5.10 Å². The Hall–Kier alpha value is -1.80. The highest BCUT2D eigenvalue weighted by Gasteiger charge is 2.10. The second-order valence-corrected chi connectivity index (χ2v) is 5.67. The van der Waals surface area contributed by atoms with Crippen molar-refractivity contribution in [1.29, 1.82) is 0 Å². The molecule has 1 amide bonds. The van der Waals surface area contributed by atoms with Gasteiger partial charge in [-0.05, 0) is 50.1 Å². The van der Waals surface area contributed by atoms with E-state index in [1.165, 1.54) is 6.21 Å². The van der Waals surface area contributed by atoms with Gasteiger partial charge in [-0.25, -0.2) is 5.43 Å². The number of benzene rings is 1. The topological polar surface area (TPSA) is 73.1 Å². The molecule has 0 unspecified atom stereocenters. The van der Waals surface area contributed by atoms with Gasteiger partial charge in [-0.15, -0.1) is 0 Å². The number of hydrogen-bond acceptors (Lipinski definition) is 5. The number of amides is 1. The molecule has 0 atom stereocenters. The van der Waals surface area contributed by atoms with Gasteiger partial charge in [0.15, 0.2) is 10.4 Å². The number of methoxy groups -OCH3 is 2. The Bertz CT molecular complexity index is 713. The lowest BCUT2D eigenvalue weighted by molar-refractivity contribution is 0.0926. The molecule has 1 aromatic carbocycles. The summed E-state index contributed by atoms with van der Waals surface area (Å²) in [5.74, 6) is 0.914. The van der Waals surface area contributed by atoms with Crippen LogP contribution >= 0.6 is 31.9 Å². The van der Waals surface area contributed by atoms with Crippen LogP contribution in [0.5, 0.6) is 11.5 Å². The van der Waals surface area contributed by atoms with Crippen LogP contribution in [0.25, 0.3) is 0 Å². The maximum Gasteiger partial charge on any atom is 0.307 e. The van der Waals surface area contributed by atoms with Crippen molar-refractivity contribution < 1.29 is 18.7 Å². The van der Waals surface area contributed by atoms with Crippen LogP contribution in [0.1, 0.15) is 16.1 Å². The maximum absolute atomic E-state index is 11.8. The van der Waals surface area contributed by atoms with Crippen LogP contribution in [-0.4, -0.2) is 26.3 Å². The Kier molecular flexibility index (Phi) is 5.62. The van der Waals surface area contributed by atoms with Crippen LogP contribution in [0.4, 0.5) is 0 Å². The third kappa shape index (κ3) is 3.89. The average molecular weight is 432 g/mol. The van der Waals surface area contributed by atoms with Crippen LogP contribution in [0.2, 0.25) is 0 Å². The summed E-state index contributed by atoms with van der Waals surface area (Å²) in [7, 11) is 3.11. The van der Waals surface area contributed by atoms with Gasteiger partial charge in [-0.3, -0.25) is 4.79 Å². The first-order valence-electron chi connectivity index (χ1n) is 6.05. The van der Waals surface area contributed by atoms with Crippen LogP contribution in [-0.2, 0) is 0 Å². The molecular weight excluding hydrogens is 420 g/mol. The van der Waals surface area contributed by atoms with E-state index in [1.54, 1.807) is 38.5 Å². The monoisotopic (exact) mass is 430 g/mol. The summed E-state index contributed by atoms with van der Waals surface area (Å²) in [6.07, 6.45) is 1.47. The molecule has 8 heteroatoms. The van der Waals surface area contributed by atoms with Crippen LogP contribution in [0.15, 0.2) is 42.9 Å². The number of nitrogens with zero attached hydrogens (tertiary/aromatic N) is 1. The lowest BCUT2D eigenvalue weighted by Crippen LogP contribution is -2.16. The van der Waals surface area contributed by atoms with Crippen LogP contribution in [0, 0.1) is 0 Å². The molecule has 2 aromatic rings. The lowest BCUT2D eigenvalue weighted by Gasteiger charge is -2.09. The zero-order valence-corrected chi connectivity index (χ0v) is 14.9. The quantitative estimate of drug-likeness (QED) is 0.580. The van der Waals surface area contributed by atoms with Crippen LogP contribution < -0.4 is 14.9 Å². The Morgan fingerprint density at radius 1 is 1.23 bits per heavy atom. The zero-order valence-electron chi connectivity index (χ0n) is 11.7. The molecule has 0 radical (unpaired) electrons. The predicted molar refractivity (Wildman–Crippen MR) is 88.7 cm³/mol. The Labute approximate surface area is 143 Å². The minimum atomic E-state index is -0.450. The first kappa shape index (κ1) is 16.6. The van der Waals surface area contributed by atoms with Gasteiger partial charge in [0.2, 0.25) is 0 Å². The molecule has 0 fully saturated rings. The minimum Gasteiger partial charge on any atom is -0.496 e. The van der Waals surface area contributed by atoms with E-state index in [1.807, 2.05) is 0 Å². The largest absolute Gasteiger partial charge is 0.496 e. The SMILES string of the molecule is COc1cc(OC)c(C=NNC(=O)c2ccc(Br)o2)cc1Br. The fourth-order valence-corrected chi connectivity index (χ4v) is 2.47. The number of rotatable bonds is 5. The number of furan rings is 1. The van der Waals surface area contributed by atoms with Gasteiger partial charge < -0.3 is 13.9 Å². The first-order chi connectivity index (χ1) is 10.5. The summed E-state index contributed by atoms with van der Waals surface area (Å²) in [5.41, 5.74) is 3.05. The van der Waals surface area contributed by atoms with Gasteiger partial charge in [-0.1, -0.05) is 0 Å². The minimum absolute atomic E-state index is 0.159. The van der Waals surface area contributed by atoms with E-state index < -0.39 is 5.91 Å². The molecule has 1 N–H and O–H groups in total. The normalized spacial score (nSPS) is 10.7. The fourth-order valence-electron chi connectivity index (χ4n) is 1.64. The first-order valence-corrected chi connectivity index (χ1v) is 7.64. The third-order valence-electron chi connectivity index (χ3n) is 2.67. The lowest BCUT2D eigenvalue weighted by atomic mass is 10.2. The van der Waals surface area contributed by atoms with E-state index in [4.69, 9.17) is 13.9 Å². The summed E-state index contributed by atoms with van der Waals surface area (Å²) in [4.78, 5) is 11.8. The third-order valence-corrected chi connectivity index (χ3v) is 3.72. The summed E-state index contributed by atoms with van der Waals surface area (Å²) in [6.45, 7) is 0. The summed E-state index contributed by atoms with van der Waals surface area (Å²) in [6, 6.07) is 6.66. The highest BCUT2D eigenvalue weighted by molar-refractivity contribution is 9.10. The van der Waals surface area contributed by atoms with Crippen LogP contribution in [0.3, 0.4) is 0 Å². The molecular formula is C14H12Br2N2O4. The zero-order chi connectivity index (χ0) is 16.1. The van der Waals surface area contributed by atoms with Gasteiger partial charge in [0.05, 0.1) is 24.9 Å². The number of ether oxygens (including phenoxy) is 2. The van der Waals surface area contributed by atoms with Gasteiger partial charge in [0, 0.05) is 11.6 Å². The number of carbonyl (C=O) groups is 1. The molecule has 0 aliphatic carbocycles. The van der Waals surface area contributed by atoms with Crippen molar-refractivity contribution in [3.05, 3.63) is 44.7 Å². The molecule has 0 saturated carbocycles. The number of nitrogens with one attached hydrogen (secondary N) is 1. The highest BCUT2D eigenvalue weighted by Crippen LogP contribution is 2.31. The number of hydrazone groups is 1. The molecule has 6 nitrogen and oxygen atoms in total. The smallest absolute Gasteiger partial charge is 0.307 e. The van der Waals surface area contributed by atoms with E-state index >= 15 is 0 Å². The van der Waals surface area contributed by atoms with Gasteiger partial charge in [0.25, 0.3) is 0 Å². The highest BCUT2D eigenvalue weighted by atomic mass is 79.9. The van der Waals surface area contributed by atoms with E-state index in [-0.39, 0.29) is 5.76 Å². The van der Waals surface area contributed by atoms with Crippen molar-refractivity contribution in [2.24, 2.45) is 5.10 Å². The molecule has 22 heavy (non-hydrogen) atoms. The average Bonchev–Trinajstić information content (AvgIpc) is 2.94. The number of hydrogen-bond donors (Lipinski definition) is 1. The second-order valence-electron chi connectivity index (χ2n) is 4.03. The summed E-state index contributed by atoms with van der Waals surface area (Å²) >= 11 is 6.51. The maximum atomic E-state index is 11.8. The standard InChI is InChI=1S/C14H12Br2N2O4/c1-20-11-6-12(21-2)9(15)5-8(11)7-17-18-14(19)10-3-4-13(16)22-10/h3-7H,1-2H3,(H,18,19). The Morgan fingerprint density at radius 2 is 1.95 bits per heavy atom. The number of carbonyl (C=O) groups excluding carboxylic acids is 1. The summed E-state index contributed by atoms with van der Waals surface area (Å²) < 4.78 is 16.8. The molecule has 0 spiro atoms. The van der Waals surface area contributed by atoms with E-state index in [9.17, 15) is 4.79 Å². The Morgan fingerprint density at radius 3 is 2.55 bits per heavy atom. The van der Waals surface area contributed by atoms with Gasteiger partial charge >= 0.3 is 5.91 Å². The van der Waals surface area contributed by atoms with Crippen molar-refractivity contribution in [2.45, 2.75) is 0 Å². The molecule has 1 aromatic heterocycles. The molecule has 116 valence electrons. The van der Waals surface area contributed by atoms with E-state index in [0.717, 1.165) is 4.47 Å². The molecule has 2 rings (SSSR count). The molecule has 0 bridgehead atoms. The van der Waals surface area contributed by atoms with Gasteiger partial charge in [0.1, 0.15) is 11.5 Å². The second kappa shape index (κ2) is 7.46. The molecule has 0 aliphatic heterocycles. The molecule has 0 aliphatic rings. The predicted octanol–water partition coefficient (Wildman–Crippen LogP) is 3.59. The van der Waals surface area contributed by atoms with E-state index in [2.05, 4.69) is 42.4 Å².